The van der Waals surface area contributed by atoms with Crippen molar-refractivity contribution in [3.63, 3.8) is 0 Å². The number of fused-ring (bicyclic) bond motifs is 2. The van der Waals surface area contributed by atoms with E-state index in [2.05, 4.69) is 22.2 Å². The molecule has 5 rings (SSSR count). The lowest BCUT2D eigenvalue weighted by molar-refractivity contribution is -0.00600. The van der Waals surface area contributed by atoms with Gasteiger partial charge in [-0.05, 0) is 42.9 Å². The minimum atomic E-state index is -0.526. The number of piperidine rings is 1. The number of nitrogens with zero attached hydrogens (tertiary/aromatic N) is 3. The van der Waals surface area contributed by atoms with Crippen molar-refractivity contribution in [3.05, 3.63) is 42.0 Å². The van der Waals surface area contributed by atoms with Crippen LogP contribution >= 0.6 is 0 Å². The molecule has 3 aliphatic rings. The van der Waals surface area contributed by atoms with Crippen LogP contribution in [0.1, 0.15) is 31.7 Å². The van der Waals surface area contributed by atoms with E-state index in [1.165, 1.54) is 0 Å². The number of aromatic nitrogens is 2. The highest BCUT2D eigenvalue weighted by Gasteiger charge is 2.46. The summed E-state index contributed by atoms with van der Waals surface area (Å²) in [6, 6.07) is 5.75. The number of aliphatic hydroxyl groups is 1. The first-order valence-corrected chi connectivity index (χ1v) is 8.86. The van der Waals surface area contributed by atoms with Gasteiger partial charge in [0.25, 0.3) is 0 Å². The highest BCUT2D eigenvalue weighted by Crippen LogP contribution is 2.41. The Morgan fingerprint density at radius 3 is 2.62 bits per heavy atom. The van der Waals surface area contributed by atoms with Crippen molar-refractivity contribution < 1.29 is 14.3 Å². The van der Waals surface area contributed by atoms with Gasteiger partial charge in [0.15, 0.2) is 11.6 Å². The van der Waals surface area contributed by atoms with Crippen molar-refractivity contribution in [2.45, 2.75) is 44.9 Å². The Labute approximate surface area is 151 Å². The largest absolute Gasteiger partial charge is 0.392 e. The van der Waals surface area contributed by atoms with Crippen molar-refractivity contribution in [2.24, 2.45) is 5.92 Å². The molecule has 1 saturated carbocycles. The topological polar surface area (TPSA) is 78.4 Å². The van der Waals surface area contributed by atoms with E-state index >= 15 is 0 Å². The van der Waals surface area contributed by atoms with Crippen LogP contribution in [0.15, 0.2) is 30.6 Å². The lowest BCUT2D eigenvalue weighted by Gasteiger charge is -2.54. The van der Waals surface area contributed by atoms with E-state index in [9.17, 15) is 14.3 Å². The second-order valence-electron chi connectivity index (χ2n) is 7.21. The molecule has 1 aromatic heterocycles. The van der Waals surface area contributed by atoms with Crippen LogP contribution < -0.4 is 5.32 Å². The first-order chi connectivity index (χ1) is 12.5. The van der Waals surface area contributed by atoms with Gasteiger partial charge in [0.2, 0.25) is 0 Å². The number of carbonyl (C=O) groups excluding carboxylic acids is 1. The van der Waals surface area contributed by atoms with Gasteiger partial charge in [-0.25, -0.2) is 19.2 Å². The summed E-state index contributed by atoms with van der Waals surface area (Å²) in [6.45, 7) is 2.04. The van der Waals surface area contributed by atoms with Gasteiger partial charge in [-0.15, -0.1) is 0 Å². The van der Waals surface area contributed by atoms with Crippen LogP contribution in [-0.4, -0.2) is 38.1 Å². The van der Waals surface area contributed by atoms with E-state index in [-0.39, 0.29) is 12.6 Å². The van der Waals surface area contributed by atoms with Crippen LogP contribution in [0.3, 0.4) is 0 Å². The molecular formula is C19H21FN4O2. The van der Waals surface area contributed by atoms with Crippen molar-refractivity contribution in [2.75, 3.05) is 5.32 Å². The van der Waals surface area contributed by atoms with Crippen LogP contribution in [0.5, 0.6) is 0 Å². The molecule has 1 aromatic carbocycles. The van der Waals surface area contributed by atoms with Gasteiger partial charge in [-0.1, -0.05) is 13.0 Å². The Kier molecular flexibility index (Phi) is 4.32. The summed E-state index contributed by atoms with van der Waals surface area (Å²) in [7, 11) is 0. The van der Waals surface area contributed by atoms with Gasteiger partial charge in [-0.2, -0.15) is 0 Å². The van der Waals surface area contributed by atoms with E-state index < -0.39 is 5.82 Å². The highest BCUT2D eigenvalue weighted by atomic mass is 19.1. The van der Waals surface area contributed by atoms with Crippen molar-refractivity contribution in [1.82, 2.24) is 14.9 Å². The Hall–Kier alpha value is -2.54. The number of hydrogen-bond donors (Lipinski definition) is 2. The number of rotatable bonds is 3. The quantitative estimate of drug-likeness (QED) is 0.885. The summed E-state index contributed by atoms with van der Waals surface area (Å²) < 4.78 is 13.1. The first-order valence-electron chi connectivity index (χ1n) is 8.86. The molecule has 3 heterocycles. The van der Waals surface area contributed by atoms with E-state index in [4.69, 9.17) is 0 Å². The number of anilines is 1. The molecule has 3 fully saturated rings. The summed E-state index contributed by atoms with van der Waals surface area (Å²) >= 11 is 0. The summed E-state index contributed by atoms with van der Waals surface area (Å²) in [5, 5.41) is 12.5. The molecule has 2 N–H and O–H groups in total. The molecule has 0 spiro atoms. The summed E-state index contributed by atoms with van der Waals surface area (Å²) in [5.41, 5.74) is 1.79. The molecule has 7 heteroatoms. The third-order valence-electron chi connectivity index (χ3n) is 5.31. The number of hydrogen-bond acceptors (Lipinski definition) is 4. The fourth-order valence-corrected chi connectivity index (χ4v) is 4.12. The van der Waals surface area contributed by atoms with Crippen molar-refractivity contribution in [1.29, 1.82) is 0 Å². The number of urea groups is 1. The zero-order chi connectivity index (χ0) is 18.3. The van der Waals surface area contributed by atoms with E-state index in [1.807, 2.05) is 4.90 Å². The monoisotopic (exact) mass is 356 g/mol. The van der Waals surface area contributed by atoms with E-state index in [0.29, 0.717) is 40.6 Å². The smallest absolute Gasteiger partial charge is 0.322 e. The van der Waals surface area contributed by atoms with E-state index in [0.717, 1.165) is 31.7 Å². The minimum absolute atomic E-state index is 0.0964. The molecule has 2 atom stereocenters. The zero-order valence-electron chi connectivity index (χ0n) is 14.5. The van der Waals surface area contributed by atoms with Crippen LogP contribution in [0, 0.1) is 11.7 Å². The summed E-state index contributed by atoms with van der Waals surface area (Å²) in [6.07, 6.45) is 5.37. The van der Waals surface area contributed by atoms with Gasteiger partial charge < -0.3 is 15.3 Å². The maximum absolute atomic E-state index is 13.1. The number of amides is 2. The molecule has 136 valence electrons. The van der Waals surface area contributed by atoms with Gasteiger partial charge in [-0.3, -0.25) is 0 Å². The van der Waals surface area contributed by atoms with Crippen molar-refractivity contribution in [3.8, 4) is 11.4 Å². The number of halogens is 1. The average molecular weight is 356 g/mol. The van der Waals surface area contributed by atoms with Crippen LogP contribution in [0.2, 0.25) is 0 Å². The SMILES string of the molecule is CC1CC2CC(C1)N2C(=O)Nc1ccc(CO)c(-c2ncc(F)cn2)c1. The Bertz CT molecular complexity index is 815. The average Bonchev–Trinajstić information content (AvgIpc) is 2.62. The second-order valence-corrected chi connectivity index (χ2v) is 7.21. The number of benzene rings is 1. The van der Waals surface area contributed by atoms with Crippen molar-refractivity contribution >= 4 is 11.7 Å². The first kappa shape index (κ1) is 16.9. The fourth-order valence-electron chi connectivity index (χ4n) is 4.12. The third kappa shape index (κ3) is 3.03. The van der Waals surface area contributed by atoms with E-state index in [1.54, 1.807) is 18.2 Å². The molecule has 2 saturated heterocycles. The normalized spacial score (nSPS) is 24.1. The number of aliphatic hydroxyl groups excluding tert-OH is 1. The Balaban J connectivity index is 1.55. The minimum Gasteiger partial charge on any atom is -0.392 e. The highest BCUT2D eigenvalue weighted by molar-refractivity contribution is 5.91. The van der Waals surface area contributed by atoms with Gasteiger partial charge >= 0.3 is 6.03 Å². The molecular weight excluding hydrogens is 335 g/mol. The lowest BCUT2D eigenvalue weighted by Crippen LogP contribution is -2.63. The van der Waals surface area contributed by atoms with Gasteiger partial charge in [0.05, 0.1) is 19.0 Å². The molecule has 0 radical (unpaired) electrons. The van der Waals surface area contributed by atoms with Crippen LogP contribution in [-0.2, 0) is 6.61 Å². The standard InChI is InChI=1S/C19H21FN4O2/c1-11-4-15-7-16(5-11)24(15)19(26)23-14-3-2-12(10-25)17(6-14)18-21-8-13(20)9-22-18/h2-3,6,8-9,11,15-16,25H,4-5,7,10H2,1H3,(H,23,26). The van der Waals surface area contributed by atoms with Crippen LogP contribution in [0.4, 0.5) is 14.9 Å². The predicted molar refractivity (Wildman–Crippen MR) is 94.8 cm³/mol. The molecule has 2 aliphatic heterocycles. The molecule has 2 unspecified atom stereocenters. The molecule has 2 aromatic rings. The lowest BCUT2D eigenvalue weighted by atomic mass is 9.74. The third-order valence-corrected chi connectivity index (χ3v) is 5.31. The van der Waals surface area contributed by atoms with Crippen LogP contribution in [0.25, 0.3) is 11.4 Å². The van der Waals surface area contributed by atoms with Gasteiger partial charge in [0.1, 0.15) is 0 Å². The number of nitrogens with one attached hydrogen (secondary N) is 1. The number of carbonyl (C=O) groups is 1. The summed E-state index contributed by atoms with van der Waals surface area (Å²) in [4.78, 5) is 22.5. The zero-order valence-corrected chi connectivity index (χ0v) is 14.5. The Morgan fingerprint density at radius 1 is 1.27 bits per heavy atom. The molecule has 26 heavy (non-hydrogen) atoms. The maximum atomic E-state index is 13.1. The Morgan fingerprint density at radius 2 is 1.96 bits per heavy atom. The predicted octanol–water partition coefficient (Wildman–Crippen LogP) is 3.18. The summed E-state index contributed by atoms with van der Waals surface area (Å²) in [5.74, 6) is 0.456. The second kappa shape index (κ2) is 6.64. The molecule has 6 nitrogen and oxygen atoms in total. The molecule has 2 amide bonds. The molecule has 1 aliphatic carbocycles. The maximum Gasteiger partial charge on any atom is 0.322 e. The molecule has 2 bridgehead atoms. The van der Waals surface area contributed by atoms with Gasteiger partial charge in [0, 0.05) is 23.3 Å². The fraction of sp³-hybridized carbons (Fsp3) is 0.421.